The Morgan fingerprint density at radius 1 is 1.03 bits per heavy atom. The van der Waals surface area contributed by atoms with Gasteiger partial charge in [0, 0.05) is 17.9 Å². The SMILES string of the molecule is CC(=O)Cc1nnc(CC2CCC(c3nnc(NC(=O)c4ccccc4)s3)C2)s1. The monoisotopic (exact) mass is 427 g/mol. The highest BCUT2D eigenvalue weighted by Gasteiger charge is 2.29. The minimum atomic E-state index is -0.171. The molecule has 0 saturated heterocycles. The molecule has 1 aliphatic carbocycles. The van der Waals surface area contributed by atoms with Crippen LogP contribution in [0.4, 0.5) is 5.13 Å². The first-order valence-electron chi connectivity index (χ1n) is 9.57. The van der Waals surface area contributed by atoms with Crippen LogP contribution in [0.15, 0.2) is 30.3 Å². The summed E-state index contributed by atoms with van der Waals surface area (Å²) in [4.78, 5) is 23.5. The maximum Gasteiger partial charge on any atom is 0.257 e. The Kier molecular flexibility index (Phi) is 6.05. The molecule has 29 heavy (non-hydrogen) atoms. The van der Waals surface area contributed by atoms with E-state index in [-0.39, 0.29) is 11.7 Å². The molecule has 0 bridgehead atoms. The standard InChI is InChI=1S/C20H21N5O2S2/c1-12(26)9-16-22-23-17(28-16)11-13-7-8-15(10-13)19-24-25-20(29-19)21-18(27)14-5-3-2-4-6-14/h2-6,13,15H,7-11H2,1H3,(H,21,25,27). The van der Waals surface area contributed by atoms with Crippen LogP contribution in [0.1, 0.15) is 57.5 Å². The van der Waals surface area contributed by atoms with Gasteiger partial charge in [-0.1, -0.05) is 29.5 Å². The van der Waals surface area contributed by atoms with Crippen LogP contribution in [0.5, 0.6) is 0 Å². The summed E-state index contributed by atoms with van der Waals surface area (Å²) in [5.74, 6) is 0.837. The van der Waals surface area contributed by atoms with E-state index in [2.05, 4.69) is 25.7 Å². The van der Waals surface area contributed by atoms with Gasteiger partial charge in [0.1, 0.15) is 20.8 Å². The molecule has 1 aromatic carbocycles. The Balaban J connectivity index is 1.32. The number of Topliss-reactive ketones (excluding diaryl/α,β-unsaturated/α-hetero) is 1. The lowest BCUT2D eigenvalue weighted by Crippen LogP contribution is -2.11. The lowest BCUT2D eigenvalue weighted by atomic mass is 10.0. The van der Waals surface area contributed by atoms with Crippen molar-refractivity contribution in [1.82, 2.24) is 20.4 Å². The van der Waals surface area contributed by atoms with Crippen LogP contribution >= 0.6 is 22.7 Å². The van der Waals surface area contributed by atoms with Crippen LogP contribution in [0.2, 0.25) is 0 Å². The summed E-state index contributed by atoms with van der Waals surface area (Å²) < 4.78 is 0. The molecule has 1 fully saturated rings. The number of anilines is 1. The summed E-state index contributed by atoms with van der Waals surface area (Å²) in [6.45, 7) is 1.57. The molecule has 2 atom stereocenters. The molecule has 0 spiro atoms. The largest absolute Gasteiger partial charge is 0.300 e. The minimum absolute atomic E-state index is 0.111. The molecular weight excluding hydrogens is 406 g/mol. The maximum absolute atomic E-state index is 12.3. The molecule has 3 aromatic rings. The molecule has 0 aliphatic heterocycles. The average Bonchev–Trinajstić information content (AvgIpc) is 3.44. The van der Waals surface area contributed by atoms with E-state index < -0.39 is 0 Å². The molecule has 9 heteroatoms. The lowest BCUT2D eigenvalue weighted by molar-refractivity contribution is -0.116. The number of nitrogens with one attached hydrogen (secondary N) is 1. The van der Waals surface area contributed by atoms with Crippen molar-refractivity contribution in [2.24, 2.45) is 5.92 Å². The molecule has 2 heterocycles. The fourth-order valence-electron chi connectivity index (χ4n) is 3.60. The molecule has 2 unspecified atom stereocenters. The number of aromatic nitrogens is 4. The van der Waals surface area contributed by atoms with Crippen molar-refractivity contribution in [3.8, 4) is 0 Å². The number of rotatable bonds is 7. The third-order valence-electron chi connectivity index (χ3n) is 4.96. The highest BCUT2D eigenvalue weighted by atomic mass is 32.1. The Hall–Kier alpha value is -2.52. The number of amides is 1. The predicted octanol–water partition coefficient (Wildman–Crippen LogP) is 3.90. The molecule has 4 rings (SSSR count). The Labute approximate surface area is 176 Å². The minimum Gasteiger partial charge on any atom is -0.300 e. The number of hydrogen-bond donors (Lipinski definition) is 1. The van der Waals surface area contributed by atoms with Crippen molar-refractivity contribution in [3.63, 3.8) is 0 Å². The van der Waals surface area contributed by atoms with Gasteiger partial charge in [0.2, 0.25) is 5.13 Å². The van der Waals surface area contributed by atoms with Crippen molar-refractivity contribution in [2.75, 3.05) is 5.32 Å². The molecular formula is C20H21N5O2S2. The van der Waals surface area contributed by atoms with E-state index in [1.165, 1.54) is 22.7 Å². The predicted molar refractivity (Wildman–Crippen MR) is 112 cm³/mol. The fourth-order valence-corrected chi connectivity index (χ4v) is 5.51. The van der Waals surface area contributed by atoms with Crippen LogP contribution in [-0.4, -0.2) is 32.1 Å². The van der Waals surface area contributed by atoms with Crippen molar-refractivity contribution < 1.29 is 9.59 Å². The number of benzene rings is 1. The normalized spacial score (nSPS) is 18.7. The highest BCUT2D eigenvalue weighted by molar-refractivity contribution is 7.15. The quantitative estimate of drug-likeness (QED) is 0.614. The third-order valence-corrected chi connectivity index (χ3v) is 6.91. The summed E-state index contributed by atoms with van der Waals surface area (Å²) >= 11 is 2.99. The van der Waals surface area contributed by atoms with Crippen molar-refractivity contribution >= 4 is 39.5 Å². The van der Waals surface area contributed by atoms with Gasteiger partial charge in [0.15, 0.2) is 0 Å². The van der Waals surface area contributed by atoms with E-state index >= 15 is 0 Å². The zero-order valence-electron chi connectivity index (χ0n) is 16.0. The molecule has 7 nitrogen and oxygen atoms in total. The second kappa shape index (κ2) is 8.87. The summed E-state index contributed by atoms with van der Waals surface area (Å²) in [7, 11) is 0. The van der Waals surface area contributed by atoms with Crippen LogP contribution in [-0.2, 0) is 17.6 Å². The topological polar surface area (TPSA) is 97.7 Å². The molecule has 2 aromatic heterocycles. The first-order valence-corrected chi connectivity index (χ1v) is 11.2. The summed E-state index contributed by atoms with van der Waals surface area (Å²) in [6, 6.07) is 9.09. The van der Waals surface area contributed by atoms with Gasteiger partial charge in [-0.05, 0) is 44.2 Å². The maximum atomic E-state index is 12.3. The van der Waals surface area contributed by atoms with Crippen LogP contribution in [0, 0.1) is 5.92 Å². The van der Waals surface area contributed by atoms with Gasteiger partial charge in [-0.2, -0.15) is 0 Å². The number of nitrogens with zero attached hydrogens (tertiary/aromatic N) is 4. The van der Waals surface area contributed by atoms with Crippen LogP contribution in [0.3, 0.4) is 0 Å². The van der Waals surface area contributed by atoms with Gasteiger partial charge < -0.3 is 0 Å². The van der Waals surface area contributed by atoms with Gasteiger partial charge in [0.05, 0.1) is 6.42 Å². The Morgan fingerprint density at radius 3 is 2.62 bits per heavy atom. The van der Waals surface area contributed by atoms with Gasteiger partial charge in [0.25, 0.3) is 5.91 Å². The smallest absolute Gasteiger partial charge is 0.257 e. The van der Waals surface area contributed by atoms with E-state index in [1.54, 1.807) is 19.1 Å². The van der Waals surface area contributed by atoms with E-state index in [4.69, 9.17) is 0 Å². The van der Waals surface area contributed by atoms with Crippen molar-refractivity contribution in [3.05, 3.63) is 50.9 Å². The van der Waals surface area contributed by atoms with Crippen LogP contribution < -0.4 is 5.32 Å². The van der Waals surface area contributed by atoms with Gasteiger partial charge in [-0.3, -0.25) is 14.9 Å². The van der Waals surface area contributed by atoms with Gasteiger partial charge >= 0.3 is 0 Å². The van der Waals surface area contributed by atoms with Gasteiger partial charge in [-0.25, -0.2) is 0 Å². The summed E-state index contributed by atoms with van der Waals surface area (Å²) in [5.41, 5.74) is 0.603. The zero-order valence-corrected chi connectivity index (χ0v) is 17.6. The van der Waals surface area contributed by atoms with Gasteiger partial charge in [-0.15, -0.1) is 31.7 Å². The summed E-state index contributed by atoms with van der Waals surface area (Å²) in [5, 5.41) is 23.0. The van der Waals surface area contributed by atoms with E-state index in [0.29, 0.717) is 29.0 Å². The van der Waals surface area contributed by atoms with Crippen molar-refractivity contribution in [1.29, 1.82) is 0 Å². The third kappa shape index (κ3) is 5.10. The Bertz CT molecular complexity index is 1000. The number of hydrogen-bond acceptors (Lipinski definition) is 8. The van der Waals surface area contributed by atoms with E-state index in [1.807, 2.05) is 18.2 Å². The number of carbonyl (C=O) groups excluding carboxylic acids is 2. The summed E-state index contributed by atoms with van der Waals surface area (Å²) in [6.07, 6.45) is 4.46. The number of ketones is 1. The highest BCUT2D eigenvalue weighted by Crippen LogP contribution is 2.41. The first kappa shape index (κ1) is 19.8. The van der Waals surface area contributed by atoms with Crippen LogP contribution in [0.25, 0.3) is 0 Å². The molecule has 1 amide bonds. The average molecular weight is 428 g/mol. The molecule has 0 radical (unpaired) electrons. The van der Waals surface area contributed by atoms with E-state index in [0.717, 1.165) is 40.7 Å². The van der Waals surface area contributed by atoms with E-state index in [9.17, 15) is 9.59 Å². The first-order chi connectivity index (χ1) is 14.1. The molecule has 150 valence electrons. The Morgan fingerprint density at radius 2 is 1.83 bits per heavy atom. The second-order valence-corrected chi connectivity index (χ2v) is 9.47. The van der Waals surface area contributed by atoms with Crippen molar-refractivity contribution in [2.45, 2.75) is 44.9 Å². The molecule has 1 saturated carbocycles. The zero-order chi connectivity index (χ0) is 20.2. The second-order valence-electron chi connectivity index (χ2n) is 7.31. The molecule has 1 aliphatic rings. The fraction of sp³-hybridized carbons (Fsp3) is 0.400. The lowest BCUT2D eigenvalue weighted by Gasteiger charge is -2.06. The number of carbonyl (C=O) groups is 2. The molecule has 1 N–H and O–H groups in total.